The average Bonchev–Trinajstić information content (AvgIpc) is 3.46. The maximum absolute atomic E-state index is 12.2. The van der Waals surface area contributed by atoms with Gasteiger partial charge in [0.05, 0.1) is 24.2 Å². The molecule has 1 N–H and O–H groups in total. The lowest BCUT2D eigenvalue weighted by Gasteiger charge is -2.28. The highest BCUT2D eigenvalue weighted by Gasteiger charge is 2.21. The molecule has 0 aromatic carbocycles. The Hall–Kier alpha value is -3.15. The summed E-state index contributed by atoms with van der Waals surface area (Å²) < 4.78 is 6.69. The summed E-state index contributed by atoms with van der Waals surface area (Å²) in [6.45, 7) is 4.73. The van der Waals surface area contributed by atoms with Crippen LogP contribution in [0, 0.1) is 10.1 Å². The van der Waals surface area contributed by atoms with Gasteiger partial charge in [-0.15, -0.1) is 0 Å². The predicted molar refractivity (Wildman–Crippen MR) is 120 cm³/mol. The first-order valence-corrected chi connectivity index (χ1v) is 11.7. The maximum Gasteiger partial charge on any atom is 0.433 e. The van der Waals surface area contributed by atoms with E-state index in [-0.39, 0.29) is 12.3 Å². The molecule has 0 radical (unpaired) electrons. The van der Waals surface area contributed by atoms with Gasteiger partial charge in [-0.3, -0.25) is 14.9 Å². The lowest BCUT2D eigenvalue weighted by atomic mass is 10.1. The lowest BCUT2D eigenvalue weighted by molar-refractivity contribution is -0.402. The number of fused-ring (bicyclic) bond motifs is 1. The molecular formula is C20H25N7O4S. The fraction of sp³-hybridized carbons (Fsp3) is 0.500. The van der Waals surface area contributed by atoms with Crippen LogP contribution < -0.4 is 10.2 Å². The van der Waals surface area contributed by atoms with Gasteiger partial charge in [0, 0.05) is 25.4 Å². The molecule has 4 rings (SSSR count). The van der Waals surface area contributed by atoms with Crippen molar-refractivity contribution in [1.29, 1.82) is 0 Å². The van der Waals surface area contributed by atoms with Gasteiger partial charge in [0.25, 0.3) is 5.91 Å². The molecule has 3 aromatic rings. The molecule has 4 heterocycles. The molecule has 32 heavy (non-hydrogen) atoms. The molecule has 11 nitrogen and oxygen atoms in total. The van der Waals surface area contributed by atoms with Crippen molar-refractivity contribution in [3.05, 3.63) is 34.2 Å². The second-order valence-electron chi connectivity index (χ2n) is 7.48. The molecule has 3 aromatic heterocycles. The van der Waals surface area contributed by atoms with Gasteiger partial charge < -0.3 is 14.6 Å². The quantitative estimate of drug-likeness (QED) is 0.221. The normalized spacial score (nSPS) is 14.1. The van der Waals surface area contributed by atoms with Crippen molar-refractivity contribution in [2.24, 2.45) is 0 Å². The third-order valence-electron chi connectivity index (χ3n) is 5.15. The van der Waals surface area contributed by atoms with Crippen molar-refractivity contribution < 1.29 is 14.1 Å². The van der Waals surface area contributed by atoms with Gasteiger partial charge in [0.15, 0.2) is 16.6 Å². The fourth-order valence-electron chi connectivity index (χ4n) is 3.60. The number of nitrogens with one attached hydrogen (secondary N) is 1. The first-order chi connectivity index (χ1) is 15.6. The van der Waals surface area contributed by atoms with Crippen molar-refractivity contribution in [2.45, 2.75) is 44.3 Å². The zero-order valence-electron chi connectivity index (χ0n) is 17.8. The second kappa shape index (κ2) is 9.98. The minimum absolute atomic E-state index is 0.102. The Morgan fingerprint density at radius 2 is 2.09 bits per heavy atom. The standard InChI is InChI=1S/C20H25N7O4S/c1-2-12-32-20-23-17(25-9-4-3-5-10-25)14-13-22-26(18(14)24-20)11-8-21-19(28)15-6-7-16(31-15)27(29)30/h6-7,13H,2-5,8-12H2,1H3,(H,21,28). The van der Waals surface area contributed by atoms with Crippen molar-refractivity contribution >= 4 is 40.4 Å². The summed E-state index contributed by atoms with van der Waals surface area (Å²) in [4.78, 5) is 34.1. The molecule has 0 unspecified atom stereocenters. The second-order valence-corrected chi connectivity index (χ2v) is 8.54. The van der Waals surface area contributed by atoms with E-state index in [9.17, 15) is 14.9 Å². The van der Waals surface area contributed by atoms with Crippen LogP contribution in [0.4, 0.5) is 11.7 Å². The fourth-order valence-corrected chi connectivity index (χ4v) is 4.29. The zero-order valence-corrected chi connectivity index (χ0v) is 18.6. The first kappa shape index (κ1) is 22.1. The van der Waals surface area contributed by atoms with E-state index in [0.29, 0.717) is 6.54 Å². The van der Waals surface area contributed by atoms with Crippen LogP contribution >= 0.6 is 11.8 Å². The Labute approximate surface area is 188 Å². The molecule has 0 bridgehead atoms. The first-order valence-electron chi connectivity index (χ1n) is 10.7. The maximum atomic E-state index is 12.2. The summed E-state index contributed by atoms with van der Waals surface area (Å²) in [6, 6.07) is 2.44. The topological polar surface area (TPSA) is 132 Å². The van der Waals surface area contributed by atoms with Gasteiger partial charge in [-0.1, -0.05) is 18.7 Å². The van der Waals surface area contributed by atoms with E-state index in [4.69, 9.17) is 14.4 Å². The third-order valence-corrected chi connectivity index (χ3v) is 6.20. The van der Waals surface area contributed by atoms with Crippen LogP contribution in [0.2, 0.25) is 0 Å². The van der Waals surface area contributed by atoms with Crippen LogP contribution in [0.1, 0.15) is 43.2 Å². The van der Waals surface area contributed by atoms with Gasteiger partial charge in [0.2, 0.25) is 0 Å². The number of anilines is 1. The van der Waals surface area contributed by atoms with E-state index >= 15 is 0 Å². The highest BCUT2D eigenvalue weighted by Crippen LogP contribution is 2.29. The number of hydrogen-bond acceptors (Lipinski definition) is 9. The molecule has 1 saturated heterocycles. The van der Waals surface area contributed by atoms with E-state index < -0.39 is 16.7 Å². The number of hydrogen-bond donors (Lipinski definition) is 1. The summed E-state index contributed by atoms with van der Waals surface area (Å²) >= 11 is 1.63. The molecule has 0 spiro atoms. The molecule has 1 amide bonds. The molecule has 0 aliphatic carbocycles. The largest absolute Gasteiger partial charge is 0.433 e. The molecule has 1 fully saturated rings. The number of carbonyl (C=O) groups excluding carboxylic acids is 1. The van der Waals surface area contributed by atoms with Crippen LogP contribution in [0.15, 0.2) is 27.9 Å². The predicted octanol–water partition coefficient (Wildman–Crippen LogP) is 3.25. The number of amides is 1. The average molecular weight is 460 g/mol. The van der Waals surface area contributed by atoms with Gasteiger partial charge in [-0.05, 0) is 31.7 Å². The van der Waals surface area contributed by atoms with Gasteiger partial charge in [-0.25, -0.2) is 14.6 Å². The third kappa shape index (κ3) is 4.85. The lowest BCUT2D eigenvalue weighted by Crippen LogP contribution is -2.30. The molecule has 0 atom stereocenters. The molecular weight excluding hydrogens is 434 g/mol. The number of carbonyl (C=O) groups is 1. The Balaban J connectivity index is 1.50. The van der Waals surface area contributed by atoms with Crippen molar-refractivity contribution in [3.8, 4) is 0 Å². The summed E-state index contributed by atoms with van der Waals surface area (Å²) in [5.41, 5.74) is 0.738. The minimum Gasteiger partial charge on any atom is -0.395 e. The van der Waals surface area contributed by atoms with E-state index in [2.05, 4.69) is 22.2 Å². The number of rotatable bonds is 9. The van der Waals surface area contributed by atoms with Gasteiger partial charge >= 0.3 is 5.88 Å². The van der Waals surface area contributed by atoms with Gasteiger partial charge in [-0.2, -0.15) is 5.10 Å². The number of nitrogens with zero attached hydrogens (tertiary/aromatic N) is 6. The minimum atomic E-state index is -0.680. The Morgan fingerprint density at radius 1 is 1.28 bits per heavy atom. The van der Waals surface area contributed by atoms with E-state index in [1.165, 1.54) is 12.5 Å². The van der Waals surface area contributed by atoms with E-state index in [1.807, 2.05) is 0 Å². The van der Waals surface area contributed by atoms with Crippen LogP contribution in [-0.2, 0) is 6.54 Å². The number of aromatic nitrogens is 4. The van der Waals surface area contributed by atoms with E-state index in [1.54, 1.807) is 22.6 Å². The number of nitro groups is 1. The van der Waals surface area contributed by atoms with Crippen LogP contribution in [0.25, 0.3) is 11.0 Å². The SMILES string of the molecule is CCCSc1nc(N2CCCCC2)c2cnn(CCNC(=O)c3ccc([N+](=O)[O-])o3)c2n1. The zero-order chi connectivity index (χ0) is 22.5. The highest BCUT2D eigenvalue weighted by molar-refractivity contribution is 7.99. The monoisotopic (exact) mass is 459 g/mol. The number of piperidine rings is 1. The highest BCUT2D eigenvalue weighted by atomic mass is 32.2. The van der Waals surface area contributed by atoms with Gasteiger partial charge in [0.1, 0.15) is 10.7 Å². The molecule has 1 aliphatic heterocycles. The van der Waals surface area contributed by atoms with Crippen molar-refractivity contribution in [3.63, 3.8) is 0 Å². The smallest absolute Gasteiger partial charge is 0.395 e. The summed E-state index contributed by atoms with van der Waals surface area (Å²) in [5, 5.41) is 19.5. The van der Waals surface area contributed by atoms with Crippen molar-refractivity contribution in [2.75, 3.05) is 30.3 Å². The number of thioether (sulfide) groups is 1. The number of furan rings is 1. The summed E-state index contributed by atoms with van der Waals surface area (Å²) in [6.07, 6.45) is 6.34. The van der Waals surface area contributed by atoms with Crippen LogP contribution in [0.3, 0.4) is 0 Å². The van der Waals surface area contributed by atoms with Crippen molar-refractivity contribution in [1.82, 2.24) is 25.1 Å². The summed E-state index contributed by atoms with van der Waals surface area (Å²) in [7, 11) is 0. The van der Waals surface area contributed by atoms with Crippen LogP contribution in [-0.4, -0.2) is 56.0 Å². The Bertz CT molecular complexity index is 1110. The van der Waals surface area contributed by atoms with E-state index in [0.717, 1.165) is 66.2 Å². The van der Waals surface area contributed by atoms with Crippen LogP contribution in [0.5, 0.6) is 0 Å². The molecule has 170 valence electrons. The summed E-state index contributed by atoms with van der Waals surface area (Å²) in [5.74, 6) is 0.774. The Kier molecular flexibility index (Phi) is 6.88. The Morgan fingerprint density at radius 3 is 2.81 bits per heavy atom. The molecule has 12 heteroatoms. The molecule has 1 aliphatic rings. The molecule has 0 saturated carbocycles.